The van der Waals surface area contributed by atoms with Gasteiger partial charge >= 0.3 is 5.97 Å². The lowest BCUT2D eigenvalue weighted by molar-refractivity contribution is -0.116. The fraction of sp³-hybridized carbons (Fsp3) is 0.500. The molecule has 0 fully saturated rings. The summed E-state index contributed by atoms with van der Waals surface area (Å²) in [5, 5.41) is 20.8. The SMILES string of the molecule is CC.CC.CCCCC(=O)Nc1ccc(C(=O)O)cc1CCCF.CCc1ncccc1O. The van der Waals surface area contributed by atoms with Crippen LogP contribution in [0.5, 0.6) is 5.75 Å². The number of hydrogen-bond acceptors (Lipinski definition) is 4. The van der Waals surface area contributed by atoms with Gasteiger partial charge in [-0.05, 0) is 61.6 Å². The molecule has 0 spiro atoms. The normalized spacial score (nSPS) is 9.18. The molecule has 7 heteroatoms. The third-order valence-electron chi connectivity index (χ3n) is 4.16. The van der Waals surface area contributed by atoms with Gasteiger partial charge in [-0.25, -0.2) is 4.79 Å². The minimum absolute atomic E-state index is 0.101. The number of carboxylic acid groups (broad SMARTS) is 1. The Morgan fingerprint density at radius 2 is 1.73 bits per heavy atom. The predicted molar refractivity (Wildman–Crippen MR) is 134 cm³/mol. The number of aromatic nitrogens is 1. The number of aromatic hydroxyl groups is 1. The quantitative estimate of drug-likeness (QED) is 0.378. The lowest BCUT2D eigenvalue weighted by atomic mass is 10.0. The molecule has 0 saturated carbocycles. The average Bonchev–Trinajstić information content (AvgIpc) is 2.85. The van der Waals surface area contributed by atoms with Crippen molar-refractivity contribution >= 4 is 17.6 Å². The maximum atomic E-state index is 12.3. The number of carboxylic acids is 1. The zero-order valence-corrected chi connectivity index (χ0v) is 20.9. The molecule has 186 valence electrons. The Labute approximate surface area is 198 Å². The monoisotopic (exact) mass is 464 g/mol. The highest BCUT2D eigenvalue weighted by molar-refractivity contribution is 5.93. The largest absolute Gasteiger partial charge is 0.506 e. The first-order valence-corrected chi connectivity index (χ1v) is 11.8. The Morgan fingerprint density at radius 1 is 1.06 bits per heavy atom. The molecule has 0 bridgehead atoms. The van der Waals surface area contributed by atoms with E-state index >= 15 is 0 Å². The van der Waals surface area contributed by atoms with Gasteiger partial charge in [-0.15, -0.1) is 0 Å². The second kappa shape index (κ2) is 20.9. The molecule has 1 amide bonds. The summed E-state index contributed by atoms with van der Waals surface area (Å²) in [5.41, 5.74) is 2.14. The molecule has 2 aromatic rings. The summed E-state index contributed by atoms with van der Waals surface area (Å²) >= 11 is 0. The molecule has 33 heavy (non-hydrogen) atoms. The number of aromatic carboxylic acids is 1. The van der Waals surface area contributed by atoms with Crippen molar-refractivity contribution in [2.75, 3.05) is 12.0 Å². The first-order valence-electron chi connectivity index (χ1n) is 11.8. The Kier molecular flexibility index (Phi) is 20.4. The van der Waals surface area contributed by atoms with Crippen molar-refractivity contribution in [3.05, 3.63) is 53.3 Å². The summed E-state index contributed by atoms with van der Waals surface area (Å²) in [6.07, 6.45) is 5.34. The molecule has 2 rings (SSSR count). The van der Waals surface area contributed by atoms with Gasteiger partial charge < -0.3 is 15.5 Å². The number of hydrogen-bond donors (Lipinski definition) is 3. The van der Waals surface area contributed by atoms with Crippen molar-refractivity contribution in [1.82, 2.24) is 4.98 Å². The minimum Gasteiger partial charge on any atom is -0.506 e. The van der Waals surface area contributed by atoms with E-state index < -0.39 is 12.6 Å². The van der Waals surface area contributed by atoms with E-state index in [-0.39, 0.29) is 11.5 Å². The van der Waals surface area contributed by atoms with Crippen LogP contribution in [-0.2, 0) is 17.6 Å². The topological polar surface area (TPSA) is 99.5 Å². The van der Waals surface area contributed by atoms with E-state index in [1.807, 2.05) is 41.5 Å². The van der Waals surface area contributed by atoms with Crippen LogP contribution in [-0.4, -0.2) is 33.7 Å². The number of nitrogens with zero attached hydrogens (tertiary/aromatic N) is 1. The zero-order chi connectivity index (χ0) is 25.6. The van der Waals surface area contributed by atoms with Gasteiger partial charge in [0.15, 0.2) is 0 Å². The average molecular weight is 465 g/mol. The highest BCUT2D eigenvalue weighted by atomic mass is 19.1. The van der Waals surface area contributed by atoms with E-state index in [4.69, 9.17) is 10.2 Å². The van der Waals surface area contributed by atoms with Crippen LogP contribution >= 0.6 is 0 Å². The summed E-state index contributed by atoms with van der Waals surface area (Å²) < 4.78 is 12.3. The molecule has 1 aromatic carbocycles. The van der Waals surface area contributed by atoms with Crippen LogP contribution in [0.4, 0.5) is 10.1 Å². The molecule has 0 unspecified atom stereocenters. The Balaban J connectivity index is 0. The summed E-state index contributed by atoms with van der Waals surface area (Å²) in [4.78, 5) is 26.6. The number of halogens is 1. The standard InChI is InChI=1S/C15H20FNO3.C7H9NO.2C2H6/c1-2-3-6-14(18)17-13-8-7-12(15(19)20)10-11(13)5-4-9-16;1-2-6-7(9)4-3-5-8-6;2*1-2/h7-8,10H,2-6,9H2,1H3,(H,17,18)(H,19,20);3-5,9H,2H2,1H3;2*1-2H3. The number of nitrogens with one attached hydrogen (secondary N) is 1. The predicted octanol–water partition coefficient (Wildman–Crippen LogP) is 6.82. The third kappa shape index (κ3) is 13.9. The molecule has 3 N–H and O–H groups in total. The van der Waals surface area contributed by atoms with Crippen molar-refractivity contribution in [1.29, 1.82) is 0 Å². The Hall–Kier alpha value is -2.96. The molecule has 0 aliphatic heterocycles. The number of benzene rings is 1. The number of alkyl halides is 1. The highest BCUT2D eigenvalue weighted by Gasteiger charge is 2.10. The van der Waals surface area contributed by atoms with E-state index in [1.165, 1.54) is 12.1 Å². The summed E-state index contributed by atoms with van der Waals surface area (Å²) in [6, 6.07) is 7.87. The molecule has 0 radical (unpaired) electrons. The second-order valence-corrected chi connectivity index (χ2v) is 6.44. The number of amides is 1. The number of carbonyl (C=O) groups excluding carboxylic acids is 1. The van der Waals surface area contributed by atoms with Crippen LogP contribution < -0.4 is 5.32 Å². The van der Waals surface area contributed by atoms with E-state index in [1.54, 1.807) is 24.4 Å². The van der Waals surface area contributed by atoms with Crippen LogP contribution in [0.15, 0.2) is 36.5 Å². The van der Waals surface area contributed by atoms with E-state index in [0.29, 0.717) is 36.3 Å². The maximum absolute atomic E-state index is 12.3. The molecular formula is C26H41FN2O4. The lowest BCUT2D eigenvalue weighted by Gasteiger charge is -2.11. The summed E-state index contributed by atoms with van der Waals surface area (Å²) in [5.74, 6) is -0.841. The fourth-order valence-electron chi connectivity index (χ4n) is 2.56. The molecule has 0 aliphatic rings. The van der Waals surface area contributed by atoms with Crippen molar-refractivity contribution in [2.24, 2.45) is 0 Å². The number of anilines is 1. The van der Waals surface area contributed by atoms with Crippen LogP contribution in [0.25, 0.3) is 0 Å². The lowest BCUT2D eigenvalue weighted by Crippen LogP contribution is -2.13. The van der Waals surface area contributed by atoms with Gasteiger partial charge in [-0.2, -0.15) is 0 Å². The van der Waals surface area contributed by atoms with E-state index in [2.05, 4.69) is 10.3 Å². The zero-order valence-electron chi connectivity index (χ0n) is 20.9. The van der Waals surface area contributed by atoms with Crippen LogP contribution in [0.3, 0.4) is 0 Å². The molecule has 0 saturated heterocycles. The molecule has 0 atom stereocenters. The van der Waals surface area contributed by atoms with Gasteiger partial charge in [0.05, 0.1) is 17.9 Å². The highest BCUT2D eigenvalue weighted by Crippen LogP contribution is 2.20. The fourth-order valence-corrected chi connectivity index (χ4v) is 2.56. The minimum atomic E-state index is -1.03. The van der Waals surface area contributed by atoms with Crippen molar-refractivity contribution in [3.8, 4) is 5.75 Å². The second-order valence-electron chi connectivity index (χ2n) is 6.44. The van der Waals surface area contributed by atoms with Crippen molar-refractivity contribution < 1.29 is 24.2 Å². The number of carbonyl (C=O) groups is 2. The van der Waals surface area contributed by atoms with Gasteiger partial charge in [-0.1, -0.05) is 48.0 Å². The molecular weight excluding hydrogens is 423 g/mol. The van der Waals surface area contributed by atoms with Gasteiger partial charge in [0, 0.05) is 18.3 Å². The Bertz CT molecular complexity index is 798. The van der Waals surface area contributed by atoms with E-state index in [9.17, 15) is 14.0 Å². The Morgan fingerprint density at radius 3 is 2.21 bits per heavy atom. The summed E-state index contributed by atoms with van der Waals surface area (Å²) in [7, 11) is 0. The smallest absolute Gasteiger partial charge is 0.335 e. The number of aryl methyl sites for hydroxylation is 2. The molecule has 0 aliphatic carbocycles. The number of pyridine rings is 1. The van der Waals surface area contributed by atoms with Crippen LogP contribution in [0, 0.1) is 0 Å². The van der Waals surface area contributed by atoms with Gasteiger partial charge in [-0.3, -0.25) is 14.2 Å². The van der Waals surface area contributed by atoms with Crippen molar-refractivity contribution in [3.63, 3.8) is 0 Å². The first-order chi connectivity index (χ1) is 15.9. The van der Waals surface area contributed by atoms with Crippen LogP contribution in [0.1, 0.15) is 88.8 Å². The van der Waals surface area contributed by atoms with Gasteiger partial charge in [0.1, 0.15) is 5.75 Å². The first kappa shape index (κ1) is 32.2. The molecule has 1 heterocycles. The molecule has 6 nitrogen and oxygen atoms in total. The van der Waals surface area contributed by atoms with Crippen molar-refractivity contribution in [2.45, 2.75) is 80.1 Å². The summed E-state index contributed by atoms with van der Waals surface area (Å²) in [6.45, 7) is 11.5. The van der Waals surface area contributed by atoms with Crippen LogP contribution in [0.2, 0.25) is 0 Å². The van der Waals surface area contributed by atoms with Gasteiger partial charge in [0.25, 0.3) is 0 Å². The molecule has 1 aromatic heterocycles. The van der Waals surface area contributed by atoms with E-state index in [0.717, 1.165) is 25.0 Å². The number of unbranched alkanes of at least 4 members (excludes halogenated alkanes) is 1. The maximum Gasteiger partial charge on any atom is 0.335 e. The van der Waals surface area contributed by atoms with Gasteiger partial charge in [0.2, 0.25) is 5.91 Å². The number of rotatable bonds is 9. The third-order valence-corrected chi connectivity index (χ3v) is 4.16.